The first-order chi connectivity index (χ1) is 14.2. The van der Waals surface area contributed by atoms with E-state index in [9.17, 15) is 28.4 Å². The number of methoxy groups -OCH3 is 1. The highest BCUT2D eigenvalue weighted by Crippen LogP contribution is 2.36. The van der Waals surface area contributed by atoms with Gasteiger partial charge in [-0.05, 0) is 24.3 Å². The number of hydrogen-bond acceptors (Lipinski definition) is 5. The van der Waals surface area contributed by atoms with Crippen molar-refractivity contribution in [3.8, 4) is 11.3 Å². The van der Waals surface area contributed by atoms with E-state index < -0.39 is 23.0 Å². The maximum Gasteiger partial charge on any atom is 0.416 e. The molecule has 0 saturated heterocycles. The fourth-order valence-corrected chi connectivity index (χ4v) is 3.31. The zero-order valence-electron chi connectivity index (χ0n) is 15.4. The van der Waals surface area contributed by atoms with Gasteiger partial charge in [0.25, 0.3) is 5.69 Å². The molecular weight excluding hydrogens is 403 g/mol. The number of hydrogen-bond donors (Lipinski definition) is 2. The van der Waals surface area contributed by atoms with Gasteiger partial charge >= 0.3 is 6.18 Å². The molecule has 30 heavy (non-hydrogen) atoms. The van der Waals surface area contributed by atoms with Crippen LogP contribution in [-0.4, -0.2) is 27.1 Å². The lowest BCUT2D eigenvalue weighted by molar-refractivity contribution is -0.384. The minimum absolute atomic E-state index is 0.138. The Balaban J connectivity index is 2.00. The fraction of sp³-hybridized carbons (Fsp3) is 0.150. The maximum atomic E-state index is 13.1. The largest absolute Gasteiger partial charge is 0.416 e. The summed E-state index contributed by atoms with van der Waals surface area (Å²) in [5, 5.41) is 21.9. The molecule has 0 saturated carbocycles. The minimum atomic E-state index is -4.52. The maximum absolute atomic E-state index is 13.1. The van der Waals surface area contributed by atoms with Crippen LogP contribution in [0.1, 0.15) is 17.4 Å². The van der Waals surface area contributed by atoms with Crippen LogP contribution in [-0.2, 0) is 10.9 Å². The van der Waals surface area contributed by atoms with Gasteiger partial charge in [-0.2, -0.15) is 13.2 Å². The van der Waals surface area contributed by atoms with Gasteiger partial charge in [0.15, 0.2) is 6.29 Å². The number of aliphatic hydroxyl groups is 1. The van der Waals surface area contributed by atoms with Crippen molar-refractivity contribution in [3.63, 3.8) is 0 Å². The Morgan fingerprint density at radius 3 is 2.63 bits per heavy atom. The molecule has 0 spiro atoms. The number of H-pyrrole nitrogens is 1. The molecule has 1 atom stereocenters. The summed E-state index contributed by atoms with van der Waals surface area (Å²) in [6, 6.07) is 10.2. The summed E-state index contributed by atoms with van der Waals surface area (Å²) >= 11 is 0. The van der Waals surface area contributed by atoms with E-state index in [1.54, 1.807) is 0 Å². The van der Waals surface area contributed by atoms with Crippen LogP contribution >= 0.6 is 0 Å². The van der Waals surface area contributed by atoms with Crippen LogP contribution in [0.4, 0.5) is 18.9 Å². The fourth-order valence-electron chi connectivity index (χ4n) is 3.31. The highest BCUT2D eigenvalue weighted by molar-refractivity contribution is 6.07. The summed E-state index contributed by atoms with van der Waals surface area (Å²) < 4.78 is 44.4. The molecular formula is C20H14F3N3O4. The Kier molecular flexibility index (Phi) is 4.67. The van der Waals surface area contributed by atoms with Crippen LogP contribution in [0.5, 0.6) is 0 Å². The molecule has 2 N–H and O–H groups in total. The molecule has 0 aliphatic heterocycles. The average Bonchev–Trinajstić information content (AvgIpc) is 3.09. The number of pyridine rings is 1. The monoisotopic (exact) mass is 417 g/mol. The summed E-state index contributed by atoms with van der Waals surface area (Å²) in [4.78, 5) is 18.0. The number of nitrogens with zero attached hydrogens (tertiary/aromatic N) is 2. The Bertz CT molecular complexity index is 1280. The number of non-ortho nitro benzene ring substituents is 1. The van der Waals surface area contributed by atoms with Gasteiger partial charge in [-0.3, -0.25) is 10.1 Å². The average molecular weight is 417 g/mol. The van der Waals surface area contributed by atoms with E-state index in [1.807, 2.05) is 0 Å². The number of aromatic nitrogens is 2. The predicted molar refractivity (Wildman–Crippen MR) is 103 cm³/mol. The zero-order chi connectivity index (χ0) is 21.6. The van der Waals surface area contributed by atoms with E-state index >= 15 is 0 Å². The third kappa shape index (κ3) is 3.36. The molecule has 0 amide bonds. The van der Waals surface area contributed by atoms with E-state index in [-0.39, 0.29) is 22.5 Å². The SMILES string of the molecule is COC(O)c1cc(-c2cccc(C(F)(F)F)c2)nc2c1[nH]c1cc([N+](=O)[O-])ccc12. The number of ether oxygens (including phenoxy) is 1. The van der Waals surface area contributed by atoms with Crippen molar-refractivity contribution in [3.05, 3.63) is 69.8 Å². The van der Waals surface area contributed by atoms with Crippen LogP contribution in [0.15, 0.2) is 48.5 Å². The van der Waals surface area contributed by atoms with Gasteiger partial charge in [-0.1, -0.05) is 12.1 Å². The van der Waals surface area contributed by atoms with Crippen LogP contribution in [0.2, 0.25) is 0 Å². The molecule has 2 aromatic heterocycles. The normalized spacial score (nSPS) is 13.1. The number of nitro benzene ring substituents is 1. The van der Waals surface area contributed by atoms with Gasteiger partial charge in [0.2, 0.25) is 0 Å². The Morgan fingerprint density at radius 1 is 1.20 bits per heavy atom. The Morgan fingerprint density at radius 2 is 1.97 bits per heavy atom. The van der Waals surface area contributed by atoms with Gasteiger partial charge in [-0.15, -0.1) is 0 Å². The van der Waals surface area contributed by atoms with Crippen LogP contribution in [0.25, 0.3) is 33.2 Å². The van der Waals surface area contributed by atoms with E-state index in [1.165, 1.54) is 43.5 Å². The number of nitrogens with one attached hydrogen (secondary N) is 1. The molecule has 0 fully saturated rings. The molecule has 4 rings (SSSR count). The first kappa shape index (κ1) is 19.8. The second kappa shape index (κ2) is 7.08. The van der Waals surface area contributed by atoms with Crippen LogP contribution < -0.4 is 0 Å². The summed E-state index contributed by atoms with van der Waals surface area (Å²) in [6.07, 6.45) is -5.91. The Hall–Kier alpha value is -3.50. The summed E-state index contributed by atoms with van der Waals surface area (Å²) in [5.74, 6) is 0. The molecule has 0 aliphatic rings. The zero-order valence-corrected chi connectivity index (χ0v) is 15.4. The second-order valence-electron chi connectivity index (χ2n) is 6.60. The molecule has 0 radical (unpaired) electrons. The second-order valence-corrected chi connectivity index (χ2v) is 6.60. The third-order valence-electron chi connectivity index (χ3n) is 4.75. The topological polar surface area (TPSA) is 101 Å². The van der Waals surface area contributed by atoms with Gasteiger partial charge in [0, 0.05) is 35.8 Å². The van der Waals surface area contributed by atoms with E-state index in [0.29, 0.717) is 21.9 Å². The van der Waals surface area contributed by atoms with Gasteiger partial charge < -0.3 is 14.8 Å². The first-order valence-corrected chi connectivity index (χ1v) is 8.68. The molecule has 154 valence electrons. The van der Waals surface area contributed by atoms with Crippen molar-refractivity contribution < 1.29 is 27.9 Å². The number of aliphatic hydroxyl groups excluding tert-OH is 1. The lowest BCUT2D eigenvalue weighted by Gasteiger charge is -2.13. The van der Waals surface area contributed by atoms with E-state index in [4.69, 9.17) is 4.74 Å². The number of nitro groups is 1. The number of halogens is 3. The van der Waals surface area contributed by atoms with Crippen molar-refractivity contribution in [2.75, 3.05) is 7.11 Å². The lowest BCUT2D eigenvalue weighted by atomic mass is 10.0. The quantitative estimate of drug-likeness (QED) is 0.278. The third-order valence-corrected chi connectivity index (χ3v) is 4.75. The molecule has 4 aromatic rings. The predicted octanol–water partition coefficient (Wildman–Crippen LogP) is 4.95. The summed E-state index contributed by atoms with van der Waals surface area (Å²) in [7, 11) is 1.27. The van der Waals surface area contributed by atoms with Gasteiger partial charge in [0.05, 0.1) is 32.7 Å². The van der Waals surface area contributed by atoms with Crippen molar-refractivity contribution in [1.29, 1.82) is 0 Å². The molecule has 1 unspecified atom stereocenters. The van der Waals surface area contributed by atoms with Crippen molar-refractivity contribution >= 4 is 27.6 Å². The summed E-state index contributed by atoms with van der Waals surface area (Å²) in [6.45, 7) is 0. The van der Waals surface area contributed by atoms with Crippen molar-refractivity contribution in [2.24, 2.45) is 0 Å². The number of alkyl halides is 3. The first-order valence-electron chi connectivity index (χ1n) is 8.68. The molecule has 2 heterocycles. The number of fused-ring (bicyclic) bond motifs is 3. The highest BCUT2D eigenvalue weighted by atomic mass is 19.4. The van der Waals surface area contributed by atoms with Crippen LogP contribution in [0.3, 0.4) is 0 Å². The minimum Gasteiger partial charge on any atom is -0.364 e. The molecule has 0 bridgehead atoms. The van der Waals surface area contributed by atoms with Crippen molar-refractivity contribution in [2.45, 2.75) is 12.5 Å². The van der Waals surface area contributed by atoms with Crippen LogP contribution in [0, 0.1) is 10.1 Å². The molecule has 7 nitrogen and oxygen atoms in total. The van der Waals surface area contributed by atoms with Gasteiger partial charge in [0.1, 0.15) is 0 Å². The van der Waals surface area contributed by atoms with Gasteiger partial charge in [-0.25, -0.2) is 4.98 Å². The van der Waals surface area contributed by atoms with E-state index in [2.05, 4.69) is 9.97 Å². The number of aromatic amines is 1. The smallest absolute Gasteiger partial charge is 0.364 e. The lowest BCUT2D eigenvalue weighted by Crippen LogP contribution is -2.05. The highest BCUT2D eigenvalue weighted by Gasteiger charge is 2.30. The number of rotatable bonds is 4. The molecule has 10 heteroatoms. The Labute approximate surface area is 166 Å². The molecule has 2 aromatic carbocycles. The summed E-state index contributed by atoms with van der Waals surface area (Å²) in [5.41, 5.74) is 0.792. The van der Waals surface area contributed by atoms with E-state index in [0.717, 1.165) is 12.1 Å². The van der Waals surface area contributed by atoms with Crippen molar-refractivity contribution in [1.82, 2.24) is 9.97 Å². The number of benzene rings is 2. The standard InChI is InChI=1S/C20H14F3N3O4/c1-30-19(27)14-9-15(10-3-2-4-11(7-10)20(21,22)23)24-17-13-6-5-12(26(28)29)8-16(13)25-18(14)17/h2-9,19,25,27H,1H3. The molecule has 0 aliphatic carbocycles.